The van der Waals surface area contributed by atoms with Crippen LogP contribution in [0, 0.1) is 6.92 Å². The number of hydrogen-bond acceptors (Lipinski definition) is 5. The van der Waals surface area contributed by atoms with E-state index in [1.165, 1.54) is 0 Å². The van der Waals surface area contributed by atoms with Gasteiger partial charge in [-0.2, -0.15) is 5.10 Å². The van der Waals surface area contributed by atoms with Gasteiger partial charge < -0.3 is 15.1 Å². The van der Waals surface area contributed by atoms with E-state index in [4.69, 9.17) is 0 Å². The highest BCUT2D eigenvalue weighted by Crippen LogP contribution is 2.11. The molecule has 2 aromatic heterocycles. The van der Waals surface area contributed by atoms with Crippen molar-refractivity contribution in [2.24, 2.45) is 7.05 Å². The molecule has 1 fully saturated rings. The molecule has 0 unspecified atom stereocenters. The van der Waals surface area contributed by atoms with E-state index in [0.29, 0.717) is 19.6 Å². The van der Waals surface area contributed by atoms with Gasteiger partial charge in [-0.3, -0.25) is 9.67 Å². The van der Waals surface area contributed by atoms with E-state index in [-0.39, 0.29) is 6.03 Å². The standard InChI is InChI=1S/C15H21N7O/c1-12-13(11-20(2)19-12)9-18-15(23)22-7-5-21(6-8-22)14-10-16-3-4-17-14/h3-4,10-11H,5-9H2,1-2H3,(H,18,23). The van der Waals surface area contributed by atoms with Crippen molar-refractivity contribution in [2.75, 3.05) is 31.1 Å². The van der Waals surface area contributed by atoms with E-state index >= 15 is 0 Å². The molecule has 8 nitrogen and oxygen atoms in total. The average molecular weight is 315 g/mol. The highest BCUT2D eigenvalue weighted by atomic mass is 16.2. The number of carbonyl (C=O) groups excluding carboxylic acids is 1. The highest BCUT2D eigenvalue weighted by molar-refractivity contribution is 5.74. The van der Waals surface area contributed by atoms with Crippen LogP contribution in [0.5, 0.6) is 0 Å². The Morgan fingerprint density at radius 2 is 2.04 bits per heavy atom. The predicted molar refractivity (Wildman–Crippen MR) is 86.0 cm³/mol. The molecule has 3 rings (SSSR count). The molecule has 0 spiro atoms. The maximum atomic E-state index is 12.3. The first kappa shape index (κ1) is 15.3. The van der Waals surface area contributed by atoms with E-state index in [0.717, 1.165) is 30.2 Å². The second-order valence-corrected chi connectivity index (χ2v) is 5.61. The summed E-state index contributed by atoms with van der Waals surface area (Å²) in [6, 6.07) is -0.0351. The minimum Gasteiger partial charge on any atom is -0.352 e. The summed E-state index contributed by atoms with van der Waals surface area (Å²) in [7, 11) is 1.88. The molecule has 122 valence electrons. The third-order valence-electron chi connectivity index (χ3n) is 3.99. The van der Waals surface area contributed by atoms with Crippen LogP contribution in [0.4, 0.5) is 10.6 Å². The highest BCUT2D eigenvalue weighted by Gasteiger charge is 2.21. The van der Waals surface area contributed by atoms with Gasteiger partial charge >= 0.3 is 6.03 Å². The molecule has 1 saturated heterocycles. The summed E-state index contributed by atoms with van der Waals surface area (Å²) in [5, 5.41) is 7.24. The number of urea groups is 1. The van der Waals surface area contributed by atoms with Crippen LogP contribution in [0.1, 0.15) is 11.3 Å². The molecule has 1 aliphatic rings. The second-order valence-electron chi connectivity index (χ2n) is 5.61. The lowest BCUT2D eigenvalue weighted by Gasteiger charge is -2.35. The Kier molecular flexibility index (Phi) is 4.40. The van der Waals surface area contributed by atoms with Gasteiger partial charge in [0.05, 0.1) is 11.9 Å². The van der Waals surface area contributed by atoms with Gasteiger partial charge in [-0.1, -0.05) is 0 Å². The summed E-state index contributed by atoms with van der Waals surface area (Å²) in [6.45, 7) is 5.32. The number of hydrogen-bond donors (Lipinski definition) is 1. The third-order valence-corrected chi connectivity index (χ3v) is 3.99. The number of nitrogens with one attached hydrogen (secondary N) is 1. The van der Waals surface area contributed by atoms with E-state index in [9.17, 15) is 4.79 Å². The summed E-state index contributed by atoms with van der Waals surface area (Å²) < 4.78 is 1.76. The molecule has 1 N–H and O–H groups in total. The van der Waals surface area contributed by atoms with Gasteiger partial charge in [0.1, 0.15) is 5.82 Å². The zero-order valence-corrected chi connectivity index (χ0v) is 13.4. The predicted octanol–water partition coefficient (Wildman–Crippen LogP) is 0.550. The smallest absolute Gasteiger partial charge is 0.317 e. The van der Waals surface area contributed by atoms with Gasteiger partial charge in [0.2, 0.25) is 0 Å². The Labute approximate surface area is 135 Å². The third kappa shape index (κ3) is 3.58. The molecule has 0 saturated carbocycles. The lowest BCUT2D eigenvalue weighted by molar-refractivity contribution is 0.194. The molecule has 23 heavy (non-hydrogen) atoms. The van der Waals surface area contributed by atoms with E-state index in [1.807, 2.05) is 25.1 Å². The van der Waals surface area contributed by atoms with Crippen LogP contribution in [0.2, 0.25) is 0 Å². The van der Waals surface area contributed by atoms with Crippen molar-refractivity contribution >= 4 is 11.8 Å². The van der Waals surface area contributed by atoms with Gasteiger partial charge in [-0.15, -0.1) is 0 Å². The maximum Gasteiger partial charge on any atom is 0.317 e. The van der Waals surface area contributed by atoms with Crippen molar-refractivity contribution in [1.29, 1.82) is 0 Å². The summed E-state index contributed by atoms with van der Waals surface area (Å²) in [4.78, 5) is 24.6. The van der Waals surface area contributed by atoms with Crippen LogP contribution in [0.25, 0.3) is 0 Å². The van der Waals surface area contributed by atoms with Gasteiger partial charge in [0.15, 0.2) is 0 Å². The number of anilines is 1. The number of rotatable bonds is 3. The van der Waals surface area contributed by atoms with E-state index < -0.39 is 0 Å². The summed E-state index contributed by atoms with van der Waals surface area (Å²) in [5.74, 6) is 0.860. The Balaban J connectivity index is 1.49. The molecule has 0 aliphatic carbocycles. The zero-order chi connectivity index (χ0) is 16.2. The fraction of sp³-hybridized carbons (Fsp3) is 0.467. The van der Waals surface area contributed by atoms with Crippen LogP contribution in [0.15, 0.2) is 24.8 Å². The van der Waals surface area contributed by atoms with Crippen molar-refractivity contribution in [3.63, 3.8) is 0 Å². The number of amides is 2. The Hall–Kier alpha value is -2.64. The minimum atomic E-state index is -0.0351. The van der Waals surface area contributed by atoms with Gasteiger partial charge in [-0.05, 0) is 6.92 Å². The first-order valence-electron chi connectivity index (χ1n) is 7.66. The first-order valence-corrected chi connectivity index (χ1v) is 7.66. The van der Waals surface area contributed by atoms with Crippen LogP contribution in [-0.4, -0.2) is 56.9 Å². The number of aromatic nitrogens is 4. The molecule has 2 amide bonds. The normalized spacial score (nSPS) is 14.9. The zero-order valence-electron chi connectivity index (χ0n) is 13.4. The van der Waals surface area contributed by atoms with E-state index in [1.54, 1.807) is 23.3 Å². The average Bonchev–Trinajstić information content (AvgIpc) is 2.91. The molecule has 0 bridgehead atoms. The molecule has 0 aromatic carbocycles. The lowest BCUT2D eigenvalue weighted by atomic mass is 10.2. The van der Waals surface area contributed by atoms with Crippen molar-refractivity contribution in [3.05, 3.63) is 36.0 Å². The number of piperazine rings is 1. The molecule has 8 heteroatoms. The Bertz CT molecular complexity index is 662. The fourth-order valence-electron chi connectivity index (χ4n) is 2.70. The molecular weight excluding hydrogens is 294 g/mol. The van der Waals surface area contributed by atoms with Crippen LogP contribution in [0.3, 0.4) is 0 Å². The van der Waals surface area contributed by atoms with Gasteiger partial charge in [-0.25, -0.2) is 9.78 Å². The monoisotopic (exact) mass is 315 g/mol. The quantitative estimate of drug-likeness (QED) is 0.895. The van der Waals surface area contributed by atoms with Crippen molar-refractivity contribution in [2.45, 2.75) is 13.5 Å². The summed E-state index contributed by atoms with van der Waals surface area (Å²) in [5.41, 5.74) is 1.99. The van der Waals surface area contributed by atoms with E-state index in [2.05, 4.69) is 25.3 Å². The molecule has 0 radical (unpaired) electrons. The lowest BCUT2D eigenvalue weighted by Crippen LogP contribution is -2.51. The fourth-order valence-corrected chi connectivity index (χ4v) is 2.70. The SMILES string of the molecule is Cc1nn(C)cc1CNC(=O)N1CCN(c2cnccn2)CC1. The number of aryl methyl sites for hydroxylation is 2. The second kappa shape index (κ2) is 6.64. The van der Waals surface area contributed by atoms with Crippen LogP contribution in [-0.2, 0) is 13.6 Å². The number of nitrogens with zero attached hydrogens (tertiary/aromatic N) is 6. The molecule has 3 heterocycles. The van der Waals surface area contributed by atoms with Gasteiger partial charge in [0, 0.05) is 63.9 Å². The molecule has 1 aliphatic heterocycles. The summed E-state index contributed by atoms with van der Waals surface area (Å²) >= 11 is 0. The molecule has 2 aromatic rings. The number of carbonyl (C=O) groups is 1. The van der Waals surface area contributed by atoms with Crippen LogP contribution >= 0.6 is 0 Å². The molecule has 0 atom stereocenters. The van der Waals surface area contributed by atoms with Gasteiger partial charge in [0.25, 0.3) is 0 Å². The largest absolute Gasteiger partial charge is 0.352 e. The Morgan fingerprint density at radius 3 is 2.65 bits per heavy atom. The molecular formula is C15H21N7O. The first-order chi connectivity index (χ1) is 11.1. The maximum absolute atomic E-state index is 12.3. The minimum absolute atomic E-state index is 0.0351. The van der Waals surface area contributed by atoms with Crippen molar-refractivity contribution in [1.82, 2.24) is 30.0 Å². The Morgan fingerprint density at radius 1 is 1.26 bits per heavy atom. The topological polar surface area (TPSA) is 79.2 Å². The summed E-state index contributed by atoms with van der Waals surface area (Å²) in [6.07, 6.45) is 7.03. The van der Waals surface area contributed by atoms with Crippen LogP contribution < -0.4 is 10.2 Å². The van der Waals surface area contributed by atoms with Crippen molar-refractivity contribution < 1.29 is 4.79 Å². The van der Waals surface area contributed by atoms with Crippen molar-refractivity contribution in [3.8, 4) is 0 Å².